The van der Waals surface area contributed by atoms with E-state index in [1.54, 1.807) is 0 Å². The van der Waals surface area contributed by atoms with E-state index in [9.17, 15) is 4.79 Å². The van der Waals surface area contributed by atoms with Crippen molar-refractivity contribution in [3.8, 4) is 28.5 Å². The van der Waals surface area contributed by atoms with Crippen molar-refractivity contribution in [1.82, 2.24) is 15.1 Å². The Morgan fingerprint density at radius 3 is 2.59 bits per heavy atom. The van der Waals surface area contributed by atoms with Gasteiger partial charge in [0, 0.05) is 31.7 Å². The summed E-state index contributed by atoms with van der Waals surface area (Å²) < 4.78 is 16.4. The van der Waals surface area contributed by atoms with E-state index in [0.717, 1.165) is 39.9 Å². The number of hydrogen-bond donors (Lipinski definition) is 0. The summed E-state index contributed by atoms with van der Waals surface area (Å²) in [7, 11) is 0. The maximum atomic E-state index is 12.5. The van der Waals surface area contributed by atoms with Gasteiger partial charge < -0.3 is 24.0 Å². The predicted molar refractivity (Wildman–Crippen MR) is 119 cm³/mol. The molecule has 1 fully saturated rings. The molecule has 0 unspecified atom stereocenters. The van der Waals surface area contributed by atoms with Crippen molar-refractivity contribution in [3.63, 3.8) is 0 Å². The number of fused-ring (bicyclic) bond motifs is 1. The molecular weight excluding hydrogens is 408 g/mol. The van der Waals surface area contributed by atoms with Crippen LogP contribution in [-0.4, -0.2) is 60.6 Å². The Bertz CT molecular complexity index is 1110. The second-order valence-electron chi connectivity index (χ2n) is 7.82. The zero-order valence-electron chi connectivity index (χ0n) is 17.9. The molecule has 0 aliphatic carbocycles. The summed E-state index contributed by atoms with van der Waals surface area (Å²) in [5, 5.41) is 8.79. The quantitative estimate of drug-likeness (QED) is 0.614. The van der Waals surface area contributed by atoms with E-state index >= 15 is 0 Å². The predicted octanol–water partition coefficient (Wildman–Crippen LogP) is 2.91. The van der Waals surface area contributed by atoms with Crippen LogP contribution in [0.25, 0.3) is 11.3 Å². The molecule has 3 aromatic rings. The highest BCUT2D eigenvalue weighted by atomic mass is 16.7. The zero-order chi connectivity index (χ0) is 21.9. The first-order valence-electron chi connectivity index (χ1n) is 10.6. The molecule has 1 amide bonds. The Labute approximate surface area is 186 Å². The SMILES string of the molecule is Cc1cccc(OCC(=O)N2CCN(c3ccc(-c4ccc5c(c4)OCO5)nn3)CC2)c1. The number of nitrogens with zero attached hydrogens (tertiary/aromatic N) is 4. The van der Waals surface area contributed by atoms with Gasteiger partial charge in [0.2, 0.25) is 6.79 Å². The first-order valence-corrected chi connectivity index (χ1v) is 10.6. The molecule has 3 heterocycles. The lowest BCUT2D eigenvalue weighted by Gasteiger charge is -2.35. The molecule has 0 N–H and O–H groups in total. The average Bonchev–Trinajstić information content (AvgIpc) is 3.31. The number of aryl methyl sites for hydroxylation is 1. The zero-order valence-corrected chi connectivity index (χ0v) is 17.9. The topological polar surface area (TPSA) is 77.0 Å². The van der Waals surface area contributed by atoms with Gasteiger partial charge in [-0.1, -0.05) is 12.1 Å². The number of carbonyl (C=O) groups is 1. The van der Waals surface area contributed by atoms with Gasteiger partial charge in [-0.2, -0.15) is 0 Å². The highest BCUT2D eigenvalue weighted by Gasteiger charge is 2.23. The minimum absolute atomic E-state index is 0.00426. The molecule has 5 rings (SSSR count). The Kier molecular flexibility index (Phi) is 5.49. The van der Waals surface area contributed by atoms with Crippen LogP contribution in [0.15, 0.2) is 54.6 Å². The van der Waals surface area contributed by atoms with Gasteiger partial charge in [-0.3, -0.25) is 4.79 Å². The van der Waals surface area contributed by atoms with E-state index in [4.69, 9.17) is 14.2 Å². The van der Waals surface area contributed by atoms with Crippen LogP contribution in [0, 0.1) is 6.92 Å². The van der Waals surface area contributed by atoms with Crippen molar-refractivity contribution in [2.75, 3.05) is 44.5 Å². The molecule has 0 atom stereocenters. The lowest BCUT2D eigenvalue weighted by Crippen LogP contribution is -2.50. The Morgan fingerprint density at radius 2 is 1.81 bits per heavy atom. The first kappa shape index (κ1) is 20.1. The summed E-state index contributed by atoms with van der Waals surface area (Å²) in [6.07, 6.45) is 0. The second kappa shape index (κ2) is 8.74. The lowest BCUT2D eigenvalue weighted by atomic mass is 10.1. The third-order valence-corrected chi connectivity index (χ3v) is 5.63. The smallest absolute Gasteiger partial charge is 0.260 e. The number of piperazine rings is 1. The van der Waals surface area contributed by atoms with E-state index in [2.05, 4.69) is 15.1 Å². The van der Waals surface area contributed by atoms with E-state index < -0.39 is 0 Å². The van der Waals surface area contributed by atoms with Crippen LogP contribution in [-0.2, 0) is 4.79 Å². The third kappa shape index (κ3) is 4.30. The number of amides is 1. The van der Waals surface area contributed by atoms with Gasteiger partial charge in [0.05, 0.1) is 5.69 Å². The van der Waals surface area contributed by atoms with Crippen molar-refractivity contribution in [2.24, 2.45) is 0 Å². The second-order valence-corrected chi connectivity index (χ2v) is 7.82. The van der Waals surface area contributed by atoms with Gasteiger partial charge >= 0.3 is 0 Å². The fourth-order valence-corrected chi connectivity index (χ4v) is 3.83. The molecule has 0 bridgehead atoms. The van der Waals surface area contributed by atoms with Crippen molar-refractivity contribution in [2.45, 2.75) is 6.92 Å². The fraction of sp³-hybridized carbons (Fsp3) is 0.292. The molecule has 2 aliphatic rings. The summed E-state index contributed by atoms with van der Waals surface area (Å²) in [5.74, 6) is 2.98. The summed E-state index contributed by atoms with van der Waals surface area (Å²) >= 11 is 0. The third-order valence-electron chi connectivity index (χ3n) is 5.63. The molecule has 32 heavy (non-hydrogen) atoms. The van der Waals surface area contributed by atoms with Gasteiger partial charge in [0.1, 0.15) is 5.75 Å². The van der Waals surface area contributed by atoms with Crippen LogP contribution in [0.5, 0.6) is 17.2 Å². The fourth-order valence-electron chi connectivity index (χ4n) is 3.83. The van der Waals surface area contributed by atoms with Crippen molar-refractivity contribution < 1.29 is 19.0 Å². The van der Waals surface area contributed by atoms with E-state index in [1.807, 2.05) is 66.4 Å². The number of hydrogen-bond acceptors (Lipinski definition) is 7. The van der Waals surface area contributed by atoms with Crippen LogP contribution in [0.4, 0.5) is 5.82 Å². The van der Waals surface area contributed by atoms with Gasteiger partial charge in [-0.15, -0.1) is 10.2 Å². The van der Waals surface area contributed by atoms with Gasteiger partial charge in [-0.25, -0.2) is 0 Å². The molecular formula is C24H24N4O4. The molecule has 8 nitrogen and oxygen atoms in total. The van der Waals surface area contributed by atoms with Crippen LogP contribution in [0.1, 0.15) is 5.56 Å². The first-order chi connectivity index (χ1) is 15.7. The van der Waals surface area contributed by atoms with Gasteiger partial charge in [0.25, 0.3) is 5.91 Å². The number of benzene rings is 2. The van der Waals surface area contributed by atoms with Crippen LogP contribution in [0.3, 0.4) is 0 Å². The van der Waals surface area contributed by atoms with Crippen molar-refractivity contribution >= 4 is 11.7 Å². The summed E-state index contributed by atoms with van der Waals surface area (Å²) in [5.41, 5.74) is 2.81. The Morgan fingerprint density at radius 1 is 0.969 bits per heavy atom. The molecule has 0 saturated carbocycles. The number of aromatic nitrogens is 2. The summed E-state index contributed by atoms with van der Waals surface area (Å²) in [4.78, 5) is 16.5. The van der Waals surface area contributed by atoms with Gasteiger partial charge in [-0.05, 0) is 55.0 Å². The average molecular weight is 432 g/mol. The van der Waals surface area contributed by atoms with Crippen LogP contribution >= 0.6 is 0 Å². The number of anilines is 1. The molecule has 0 radical (unpaired) electrons. The monoisotopic (exact) mass is 432 g/mol. The van der Waals surface area contributed by atoms with Crippen molar-refractivity contribution in [3.05, 3.63) is 60.2 Å². The summed E-state index contributed by atoms with van der Waals surface area (Å²) in [6.45, 7) is 4.95. The minimum Gasteiger partial charge on any atom is -0.484 e. The molecule has 2 aromatic carbocycles. The molecule has 0 spiro atoms. The standard InChI is InChI=1S/C24H24N4O4/c1-17-3-2-4-19(13-17)30-15-24(29)28-11-9-27(10-12-28)23-8-6-20(25-26-23)18-5-7-21-22(14-18)32-16-31-21/h2-8,13-14H,9-12,15-16H2,1H3. The number of rotatable bonds is 5. The van der Waals surface area contributed by atoms with E-state index in [-0.39, 0.29) is 19.3 Å². The molecule has 1 saturated heterocycles. The Balaban J connectivity index is 1.15. The minimum atomic E-state index is -0.00426. The van der Waals surface area contributed by atoms with Crippen molar-refractivity contribution in [1.29, 1.82) is 0 Å². The molecule has 164 valence electrons. The van der Waals surface area contributed by atoms with Gasteiger partial charge in [0.15, 0.2) is 23.9 Å². The molecule has 8 heteroatoms. The number of ether oxygens (including phenoxy) is 3. The lowest BCUT2D eigenvalue weighted by molar-refractivity contribution is -0.133. The normalized spacial score (nSPS) is 15.0. The van der Waals surface area contributed by atoms with Crippen LogP contribution in [0.2, 0.25) is 0 Å². The highest BCUT2D eigenvalue weighted by molar-refractivity contribution is 5.78. The highest BCUT2D eigenvalue weighted by Crippen LogP contribution is 2.35. The molecule has 2 aliphatic heterocycles. The molecule has 1 aromatic heterocycles. The maximum Gasteiger partial charge on any atom is 0.260 e. The summed E-state index contributed by atoms with van der Waals surface area (Å²) in [6, 6.07) is 17.4. The Hall–Kier alpha value is -3.81. The largest absolute Gasteiger partial charge is 0.484 e. The van der Waals surface area contributed by atoms with E-state index in [1.165, 1.54) is 0 Å². The van der Waals surface area contributed by atoms with Crippen LogP contribution < -0.4 is 19.1 Å². The maximum absolute atomic E-state index is 12.5. The number of carbonyl (C=O) groups excluding carboxylic acids is 1. The van der Waals surface area contributed by atoms with E-state index in [0.29, 0.717) is 26.2 Å².